The van der Waals surface area contributed by atoms with Gasteiger partial charge in [-0.25, -0.2) is 0 Å². The third-order valence-corrected chi connectivity index (χ3v) is 3.45. The molecule has 0 bridgehead atoms. The topological polar surface area (TPSA) is 63.8 Å². The quantitative estimate of drug-likeness (QED) is 0.876. The Balaban J connectivity index is 2.09. The van der Waals surface area contributed by atoms with E-state index in [2.05, 4.69) is 50.2 Å². The van der Waals surface area contributed by atoms with Crippen LogP contribution in [0.4, 0.5) is 0 Å². The summed E-state index contributed by atoms with van der Waals surface area (Å²) in [6.07, 6.45) is 5.27. The van der Waals surface area contributed by atoms with Crippen molar-refractivity contribution in [1.29, 1.82) is 0 Å². The van der Waals surface area contributed by atoms with E-state index < -0.39 is 0 Å². The highest BCUT2D eigenvalue weighted by molar-refractivity contribution is 9.10. The van der Waals surface area contributed by atoms with Gasteiger partial charge in [0.05, 0.1) is 0 Å². The van der Waals surface area contributed by atoms with Crippen molar-refractivity contribution in [3.05, 3.63) is 28.8 Å². The van der Waals surface area contributed by atoms with E-state index in [0.717, 1.165) is 22.9 Å². The number of likely N-dealkylation sites (N-methyl/N-ethyl adjacent to an activating group) is 1. The van der Waals surface area contributed by atoms with E-state index in [0.29, 0.717) is 23.7 Å². The van der Waals surface area contributed by atoms with Gasteiger partial charge < -0.3 is 9.84 Å². The second-order valence-corrected chi connectivity index (χ2v) is 6.14. The maximum absolute atomic E-state index is 5.33. The molecule has 0 aliphatic heterocycles. The van der Waals surface area contributed by atoms with Gasteiger partial charge in [-0.1, -0.05) is 19.0 Å². The van der Waals surface area contributed by atoms with E-state index in [-0.39, 0.29) is 0 Å². The Kier molecular flexibility index (Phi) is 5.25. The second kappa shape index (κ2) is 6.95. The molecule has 1 unspecified atom stereocenters. The zero-order valence-electron chi connectivity index (χ0n) is 11.9. The first kappa shape index (κ1) is 15.1. The molecule has 1 atom stereocenters. The summed E-state index contributed by atoms with van der Waals surface area (Å²) in [5.41, 5.74) is 0.847. The molecule has 0 aliphatic rings. The summed E-state index contributed by atoms with van der Waals surface area (Å²) in [7, 11) is 1.96. The van der Waals surface area contributed by atoms with E-state index in [4.69, 9.17) is 4.52 Å². The van der Waals surface area contributed by atoms with Crippen LogP contribution in [0, 0.1) is 5.92 Å². The Labute approximate surface area is 127 Å². The van der Waals surface area contributed by atoms with Crippen LogP contribution in [0.15, 0.2) is 27.5 Å². The predicted octanol–water partition coefficient (Wildman–Crippen LogP) is 3.07. The number of aromatic nitrogens is 3. The van der Waals surface area contributed by atoms with Crippen LogP contribution in [0.2, 0.25) is 0 Å². The van der Waals surface area contributed by atoms with Gasteiger partial charge in [-0.15, -0.1) is 0 Å². The predicted molar refractivity (Wildman–Crippen MR) is 81.2 cm³/mol. The summed E-state index contributed by atoms with van der Waals surface area (Å²) in [6.45, 7) is 4.41. The highest BCUT2D eigenvalue weighted by Crippen LogP contribution is 2.19. The fraction of sp³-hybridized carbons (Fsp3) is 0.500. The number of pyridine rings is 1. The zero-order valence-corrected chi connectivity index (χ0v) is 13.5. The molecule has 2 heterocycles. The molecule has 5 nitrogen and oxygen atoms in total. The summed E-state index contributed by atoms with van der Waals surface area (Å²) < 4.78 is 6.23. The van der Waals surface area contributed by atoms with E-state index in [1.165, 1.54) is 0 Å². The van der Waals surface area contributed by atoms with Crippen molar-refractivity contribution >= 4 is 15.9 Å². The highest BCUT2D eigenvalue weighted by atomic mass is 79.9. The van der Waals surface area contributed by atoms with E-state index in [1.807, 2.05) is 13.1 Å². The molecule has 0 fully saturated rings. The molecule has 0 saturated carbocycles. The molecule has 108 valence electrons. The number of nitrogens with one attached hydrogen (secondary N) is 1. The van der Waals surface area contributed by atoms with Crippen LogP contribution in [-0.2, 0) is 6.42 Å². The van der Waals surface area contributed by atoms with Crippen LogP contribution in [0.5, 0.6) is 0 Å². The smallest absolute Gasteiger partial charge is 0.228 e. The molecule has 1 N–H and O–H groups in total. The van der Waals surface area contributed by atoms with Crippen molar-refractivity contribution in [3.8, 4) is 11.4 Å². The summed E-state index contributed by atoms with van der Waals surface area (Å²) in [6, 6.07) is 2.27. The average Bonchev–Trinajstić information content (AvgIpc) is 2.86. The summed E-state index contributed by atoms with van der Waals surface area (Å²) >= 11 is 3.39. The van der Waals surface area contributed by atoms with Gasteiger partial charge in [0.15, 0.2) is 0 Å². The minimum Gasteiger partial charge on any atom is -0.339 e. The fourth-order valence-corrected chi connectivity index (χ4v) is 2.44. The molecular weight excluding hydrogens is 320 g/mol. The van der Waals surface area contributed by atoms with Crippen LogP contribution < -0.4 is 5.32 Å². The molecule has 20 heavy (non-hydrogen) atoms. The van der Waals surface area contributed by atoms with Gasteiger partial charge in [0.25, 0.3) is 0 Å². The molecule has 0 saturated heterocycles. The van der Waals surface area contributed by atoms with Crippen molar-refractivity contribution in [2.24, 2.45) is 5.92 Å². The lowest BCUT2D eigenvalue weighted by Gasteiger charge is -2.15. The van der Waals surface area contributed by atoms with Crippen LogP contribution in [-0.4, -0.2) is 28.2 Å². The van der Waals surface area contributed by atoms with E-state index in [9.17, 15) is 0 Å². The van der Waals surface area contributed by atoms with Gasteiger partial charge in [-0.05, 0) is 41.4 Å². The van der Waals surface area contributed by atoms with Crippen molar-refractivity contribution in [1.82, 2.24) is 20.4 Å². The van der Waals surface area contributed by atoms with Crippen molar-refractivity contribution < 1.29 is 4.52 Å². The first-order chi connectivity index (χ1) is 9.58. The number of hydrogen-bond donors (Lipinski definition) is 1. The summed E-state index contributed by atoms with van der Waals surface area (Å²) in [4.78, 5) is 8.54. The van der Waals surface area contributed by atoms with Gasteiger partial charge in [-0.3, -0.25) is 4.98 Å². The van der Waals surface area contributed by atoms with Crippen molar-refractivity contribution in [3.63, 3.8) is 0 Å². The Hall–Kier alpha value is -1.27. The van der Waals surface area contributed by atoms with Gasteiger partial charge in [0.2, 0.25) is 11.7 Å². The van der Waals surface area contributed by atoms with Crippen LogP contribution >= 0.6 is 15.9 Å². The lowest BCUT2D eigenvalue weighted by atomic mass is 10.0. The zero-order chi connectivity index (χ0) is 14.5. The molecule has 0 amide bonds. The molecule has 2 aromatic rings. The third kappa shape index (κ3) is 4.11. The first-order valence-electron chi connectivity index (χ1n) is 6.69. The standard InChI is InChI=1S/C14H19BrN4O/c1-9(2)4-12(16-3)6-13-18-14(19-20-13)10-5-11(15)8-17-7-10/h5,7-9,12,16H,4,6H2,1-3H3. The number of halogens is 1. The second-order valence-electron chi connectivity index (χ2n) is 5.22. The van der Waals surface area contributed by atoms with Crippen molar-refractivity contribution in [2.45, 2.75) is 32.7 Å². The average molecular weight is 339 g/mol. The Morgan fingerprint density at radius 3 is 2.80 bits per heavy atom. The SMILES string of the molecule is CNC(Cc1nc(-c2cncc(Br)c2)no1)CC(C)C. The van der Waals surface area contributed by atoms with E-state index >= 15 is 0 Å². The molecule has 0 spiro atoms. The normalized spacial score (nSPS) is 12.8. The van der Waals surface area contributed by atoms with Crippen LogP contribution in [0.3, 0.4) is 0 Å². The molecule has 2 rings (SSSR count). The third-order valence-electron chi connectivity index (χ3n) is 3.02. The molecule has 0 aliphatic carbocycles. The monoisotopic (exact) mass is 338 g/mol. The van der Waals surface area contributed by atoms with Gasteiger partial charge in [0, 0.05) is 34.9 Å². The Bertz CT molecular complexity index is 556. The number of rotatable bonds is 6. The highest BCUT2D eigenvalue weighted by Gasteiger charge is 2.15. The summed E-state index contributed by atoms with van der Waals surface area (Å²) in [5, 5.41) is 7.31. The first-order valence-corrected chi connectivity index (χ1v) is 7.48. The van der Waals surface area contributed by atoms with E-state index in [1.54, 1.807) is 12.4 Å². The Morgan fingerprint density at radius 1 is 1.35 bits per heavy atom. The number of hydrogen-bond acceptors (Lipinski definition) is 5. The van der Waals surface area contributed by atoms with Gasteiger partial charge in [0.1, 0.15) is 0 Å². The number of nitrogens with zero attached hydrogens (tertiary/aromatic N) is 3. The fourth-order valence-electron chi connectivity index (χ4n) is 2.07. The maximum atomic E-state index is 5.33. The lowest BCUT2D eigenvalue weighted by Crippen LogP contribution is -2.29. The molecular formula is C14H19BrN4O. The van der Waals surface area contributed by atoms with Crippen LogP contribution in [0.1, 0.15) is 26.2 Å². The lowest BCUT2D eigenvalue weighted by molar-refractivity contribution is 0.345. The van der Waals surface area contributed by atoms with Crippen molar-refractivity contribution in [2.75, 3.05) is 7.05 Å². The Morgan fingerprint density at radius 2 is 2.15 bits per heavy atom. The molecule has 6 heteroatoms. The summed E-state index contributed by atoms with van der Waals surface area (Å²) in [5.74, 6) is 1.86. The minimum atomic E-state index is 0.351. The van der Waals surface area contributed by atoms with Gasteiger partial charge >= 0.3 is 0 Å². The van der Waals surface area contributed by atoms with Crippen LogP contribution in [0.25, 0.3) is 11.4 Å². The largest absolute Gasteiger partial charge is 0.339 e. The molecule has 2 aromatic heterocycles. The maximum Gasteiger partial charge on any atom is 0.228 e. The molecule has 0 aromatic carbocycles. The molecule has 0 radical (unpaired) electrons. The minimum absolute atomic E-state index is 0.351. The van der Waals surface area contributed by atoms with Gasteiger partial charge in [-0.2, -0.15) is 4.98 Å².